The fraction of sp³-hybridized carbons (Fsp3) is 0.500. The Kier molecular flexibility index (Phi) is 7.56. The molecule has 5 heteroatoms. The summed E-state index contributed by atoms with van der Waals surface area (Å²) >= 11 is 1.34. The summed E-state index contributed by atoms with van der Waals surface area (Å²) in [6.07, 6.45) is 7.26. The van der Waals surface area contributed by atoms with E-state index in [0.29, 0.717) is 17.7 Å². The summed E-state index contributed by atoms with van der Waals surface area (Å²) in [5.74, 6) is 0.239. The lowest BCUT2D eigenvalue weighted by Crippen LogP contribution is -2.47. The maximum absolute atomic E-state index is 13.5. The molecule has 4 rings (SSSR count). The molecule has 0 bridgehead atoms. The molecule has 1 atom stereocenters. The van der Waals surface area contributed by atoms with Crippen molar-refractivity contribution in [2.45, 2.75) is 95.0 Å². The van der Waals surface area contributed by atoms with Crippen LogP contribution in [0.5, 0.6) is 5.75 Å². The number of ether oxygens (including phenoxy) is 1. The van der Waals surface area contributed by atoms with Gasteiger partial charge in [-0.15, -0.1) is 0 Å². The first-order valence-electron chi connectivity index (χ1n) is 12.8. The molecule has 1 aliphatic carbocycles. The Hall–Kier alpha value is -2.40. The lowest BCUT2D eigenvalue weighted by molar-refractivity contribution is -0.168. The predicted octanol–water partition coefficient (Wildman–Crippen LogP) is 7.76. The third kappa shape index (κ3) is 5.88. The molecule has 2 aromatic rings. The van der Waals surface area contributed by atoms with Gasteiger partial charge in [-0.3, -0.25) is 0 Å². The highest BCUT2D eigenvalue weighted by Gasteiger charge is 2.47. The number of thioether (sulfide) groups is 1. The van der Waals surface area contributed by atoms with Crippen molar-refractivity contribution in [3.05, 3.63) is 69.8 Å². The van der Waals surface area contributed by atoms with Crippen LogP contribution >= 0.6 is 11.8 Å². The van der Waals surface area contributed by atoms with E-state index in [1.54, 1.807) is 12.1 Å². The SMILES string of the molecule is Cc1ccc(C(C)(C)C)c(SC2=C(O)CC(CCc3ccc(O)cc3)(C3CCCCC3)OC2=O)c1. The molecular weight excluding hydrogens is 456 g/mol. The van der Waals surface area contributed by atoms with Gasteiger partial charge in [0.15, 0.2) is 0 Å². The molecule has 2 aliphatic rings. The van der Waals surface area contributed by atoms with Crippen LogP contribution in [0.4, 0.5) is 0 Å². The largest absolute Gasteiger partial charge is 0.511 e. The second kappa shape index (κ2) is 10.3. The fourth-order valence-electron chi connectivity index (χ4n) is 5.51. The number of aryl methyl sites for hydroxylation is 2. The van der Waals surface area contributed by atoms with E-state index in [4.69, 9.17) is 4.74 Å². The predicted molar refractivity (Wildman–Crippen MR) is 142 cm³/mol. The lowest BCUT2D eigenvalue weighted by atomic mass is 9.71. The number of rotatable bonds is 6. The normalized spacial score (nSPS) is 21.8. The average molecular weight is 495 g/mol. The van der Waals surface area contributed by atoms with Gasteiger partial charge in [-0.05, 0) is 78.8 Å². The Balaban J connectivity index is 1.63. The smallest absolute Gasteiger partial charge is 0.349 e. The van der Waals surface area contributed by atoms with Crippen LogP contribution < -0.4 is 0 Å². The number of benzene rings is 2. The highest BCUT2D eigenvalue weighted by Crippen LogP contribution is 2.48. The van der Waals surface area contributed by atoms with E-state index in [1.165, 1.54) is 18.2 Å². The Labute approximate surface area is 213 Å². The fourth-order valence-corrected chi connectivity index (χ4v) is 6.78. The monoisotopic (exact) mass is 494 g/mol. The summed E-state index contributed by atoms with van der Waals surface area (Å²) in [6, 6.07) is 13.5. The lowest BCUT2D eigenvalue weighted by Gasteiger charge is -2.44. The van der Waals surface area contributed by atoms with E-state index in [1.807, 2.05) is 19.1 Å². The second-order valence-corrected chi connectivity index (χ2v) is 12.3. The number of phenols is 1. The molecular formula is C30H38O4S. The molecule has 0 saturated heterocycles. The number of carbonyl (C=O) groups is 1. The van der Waals surface area contributed by atoms with Gasteiger partial charge in [-0.2, -0.15) is 0 Å². The topological polar surface area (TPSA) is 66.8 Å². The molecule has 1 saturated carbocycles. The van der Waals surface area contributed by atoms with Crippen molar-refractivity contribution in [2.24, 2.45) is 5.92 Å². The average Bonchev–Trinajstić information content (AvgIpc) is 2.81. The molecule has 35 heavy (non-hydrogen) atoms. The van der Waals surface area contributed by atoms with Crippen molar-refractivity contribution in [1.29, 1.82) is 0 Å². The van der Waals surface area contributed by atoms with Crippen molar-refractivity contribution in [3.8, 4) is 5.75 Å². The Bertz CT molecular complexity index is 1090. The van der Waals surface area contributed by atoms with E-state index in [0.717, 1.165) is 53.7 Å². The quantitative estimate of drug-likeness (QED) is 0.402. The zero-order chi connectivity index (χ0) is 25.2. The summed E-state index contributed by atoms with van der Waals surface area (Å²) < 4.78 is 6.34. The maximum Gasteiger partial charge on any atom is 0.349 e. The van der Waals surface area contributed by atoms with Crippen molar-refractivity contribution in [3.63, 3.8) is 0 Å². The van der Waals surface area contributed by atoms with E-state index >= 15 is 0 Å². The Morgan fingerprint density at radius 1 is 1.03 bits per heavy atom. The van der Waals surface area contributed by atoms with Crippen LogP contribution in [0, 0.1) is 12.8 Å². The third-order valence-electron chi connectivity index (χ3n) is 7.49. The van der Waals surface area contributed by atoms with Crippen molar-refractivity contribution < 1.29 is 19.7 Å². The summed E-state index contributed by atoms with van der Waals surface area (Å²) in [5.41, 5.74) is 2.59. The van der Waals surface area contributed by atoms with Crippen LogP contribution in [-0.2, 0) is 21.4 Å². The number of hydrogen-bond donors (Lipinski definition) is 2. The van der Waals surface area contributed by atoms with E-state index < -0.39 is 11.6 Å². The Morgan fingerprint density at radius 2 is 1.71 bits per heavy atom. The van der Waals surface area contributed by atoms with Gasteiger partial charge in [0, 0.05) is 11.3 Å². The van der Waals surface area contributed by atoms with Gasteiger partial charge in [0.2, 0.25) is 0 Å². The molecule has 0 spiro atoms. The molecule has 1 heterocycles. The first-order valence-corrected chi connectivity index (χ1v) is 13.6. The highest BCUT2D eigenvalue weighted by molar-refractivity contribution is 8.04. The van der Waals surface area contributed by atoms with Gasteiger partial charge < -0.3 is 14.9 Å². The van der Waals surface area contributed by atoms with E-state index in [2.05, 4.69) is 39.0 Å². The van der Waals surface area contributed by atoms with Gasteiger partial charge in [0.1, 0.15) is 22.0 Å². The van der Waals surface area contributed by atoms with Crippen LogP contribution in [-0.4, -0.2) is 21.8 Å². The third-order valence-corrected chi connectivity index (χ3v) is 8.65. The number of hydrogen-bond acceptors (Lipinski definition) is 5. The molecule has 2 aromatic carbocycles. The number of phenolic OH excluding ortho intramolecular Hbond substituents is 1. The number of carbonyl (C=O) groups excluding carboxylic acids is 1. The molecule has 188 valence electrons. The highest BCUT2D eigenvalue weighted by atomic mass is 32.2. The minimum Gasteiger partial charge on any atom is -0.511 e. The zero-order valence-electron chi connectivity index (χ0n) is 21.4. The summed E-state index contributed by atoms with van der Waals surface area (Å²) in [7, 11) is 0. The minimum atomic E-state index is -0.691. The number of esters is 1. The van der Waals surface area contributed by atoms with Crippen molar-refractivity contribution in [1.82, 2.24) is 0 Å². The number of aliphatic hydroxyl groups excluding tert-OH is 1. The minimum absolute atomic E-state index is 0.0826. The maximum atomic E-state index is 13.5. The van der Waals surface area contributed by atoms with E-state index in [9.17, 15) is 15.0 Å². The van der Waals surface area contributed by atoms with Crippen LogP contribution in [0.2, 0.25) is 0 Å². The Morgan fingerprint density at radius 3 is 2.34 bits per heavy atom. The molecule has 1 unspecified atom stereocenters. The van der Waals surface area contributed by atoms with Gasteiger partial charge in [-0.25, -0.2) is 4.79 Å². The molecule has 0 aromatic heterocycles. The zero-order valence-corrected chi connectivity index (χ0v) is 22.2. The first-order chi connectivity index (χ1) is 16.6. The molecule has 0 radical (unpaired) electrons. The molecule has 1 aliphatic heterocycles. The van der Waals surface area contributed by atoms with Crippen LogP contribution in [0.15, 0.2) is 58.0 Å². The molecule has 1 fully saturated rings. The molecule has 4 nitrogen and oxygen atoms in total. The van der Waals surface area contributed by atoms with Crippen molar-refractivity contribution >= 4 is 17.7 Å². The van der Waals surface area contributed by atoms with Crippen LogP contribution in [0.25, 0.3) is 0 Å². The summed E-state index contributed by atoms with van der Waals surface area (Å²) in [4.78, 5) is 14.8. The second-order valence-electron chi connectivity index (χ2n) is 11.3. The summed E-state index contributed by atoms with van der Waals surface area (Å²) in [5, 5.41) is 20.9. The van der Waals surface area contributed by atoms with E-state index in [-0.39, 0.29) is 22.8 Å². The standard InChI is InChI=1S/C30H38O4S/c1-20-10-15-24(29(2,3)4)26(18-20)35-27-25(32)19-30(34-28(27)33,22-8-6-5-7-9-22)17-16-21-11-13-23(31)14-12-21/h10-15,18,22,31-32H,5-9,16-17,19H2,1-4H3. The van der Waals surface area contributed by atoms with Gasteiger partial charge in [-0.1, -0.05) is 76.1 Å². The summed E-state index contributed by atoms with van der Waals surface area (Å²) in [6.45, 7) is 8.52. The van der Waals surface area contributed by atoms with Gasteiger partial charge in [0.25, 0.3) is 0 Å². The van der Waals surface area contributed by atoms with Gasteiger partial charge in [0.05, 0.1) is 0 Å². The van der Waals surface area contributed by atoms with Crippen LogP contribution in [0.3, 0.4) is 0 Å². The number of aromatic hydroxyl groups is 1. The molecule has 0 amide bonds. The van der Waals surface area contributed by atoms with Crippen LogP contribution in [0.1, 0.15) is 82.4 Å². The first kappa shape index (κ1) is 25.7. The van der Waals surface area contributed by atoms with Gasteiger partial charge >= 0.3 is 5.97 Å². The number of cyclic esters (lactones) is 1. The number of aliphatic hydroxyl groups is 1. The molecule has 2 N–H and O–H groups in total. The van der Waals surface area contributed by atoms with Crippen molar-refractivity contribution in [2.75, 3.05) is 0 Å².